The first-order chi connectivity index (χ1) is 6.38. The molecule has 2 bridgehead atoms. The van der Waals surface area contributed by atoms with Gasteiger partial charge in [-0.05, 0) is 37.4 Å². The van der Waals surface area contributed by atoms with E-state index in [-0.39, 0.29) is 12.4 Å². The minimum Gasteiger partial charge on any atom is -0.292 e. The van der Waals surface area contributed by atoms with Crippen LogP contribution in [0.5, 0.6) is 0 Å². The maximum Gasteiger partial charge on any atom is 0.0354 e. The summed E-state index contributed by atoms with van der Waals surface area (Å²) < 4.78 is 0. The number of hydrogen-bond donors (Lipinski definition) is 0. The van der Waals surface area contributed by atoms with Gasteiger partial charge in [0.25, 0.3) is 0 Å². The van der Waals surface area contributed by atoms with Gasteiger partial charge in [-0.15, -0.1) is 12.4 Å². The molecule has 1 fully saturated rings. The summed E-state index contributed by atoms with van der Waals surface area (Å²) in [6.07, 6.45) is 4.10. The fourth-order valence-corrected chi connectivity index (χ4v) is 3.00. The van der Waals surface area contributed by atoms with Crippen molar-refractivity contribution < 1.29 is 0 Å². The molecular formula is C12H16ClN. The summed E-state index contributed by atoms with van der Waals surface area (Å²) in [6, 6.07) is 10.4. The van der Waals surface area contributed by atoms with Gasteiger partial charge in [-0.3, -0.25) is 4.90 Å². The van der Waals surface area contributed by atoms with Gasteiger partial charge in [-0.25, -0.2) is 0 Å². The van der Waals surface area contributed by atoms with Crippen LogP contribution >= 0.6 is 12.4 Å². The molecule has 1 aromatic rings. The fourth-order valence-electron chi connectivity index (χ4n) is 3.00. The summed E-state index contributed by atoms with van der Waals surface area (Å²) in [5, 5.41) is 0. The van der Waals surface area contributed by atoms with E-state index in [2.05, 4.69) is 36.2 Å². The van der Waals surface area contributed by atoms with E-state index in [1.54, 1.807) is 11.1 Å². The largest absolute Gasteiger partial charge is 0.292 e. The van der Waals surface area contributed by atoms with Crippen molar-refractivity contribution in [2.45, 2.75) is 31.3 Å². The summed E-state index contributed by atoms with van der Waals surface area (Å²) in [5.41, 5.74) is 3.18. The highest BCUT2D eigenvalue weighted by atomic mass is 35.5. The summed E-state index contributed by atoms with van der Waals surface area (Å²) in [5.74, 6) is 0. The Hall–Kier alpha value is -0.530. The van der Waals surface area contributed by atoms with E-state index in [9.17, 15) is 0 Å². The van der Waals surface area contributed by atoms with Gasteiger partial charge in [0, 0.05) is 12.1 Å². The molecule has 2 atom stereocenters. The summed E-state index contributed by atoms with van der Waals surface area (Å²) >= 11 is 0. The maximum atomic E-state index is 2.55. The third-order valence-electron chi connectivity index (χ3n) is 3.65. The van der Waals surface area contributed by atoms with Crippen LogP contribution in [0.1, 0.15) is 42.5 Å². The number of fused-ring (bicyclic) bond motifs is 5. The normalized spacial score (nSPS) is 29.5. The zero-order chi connectivity index (χ0) is 8.84. The third-order valence-corrected chi connectivity index (χ3v) is 3.65. The molecule has 76 valence electrons. The molecule has 1 nitrogen and oxygen atoms in total. The highest BCUT2D eigenvalue weighted by molar-refractivity contribution is 5.85. The first-order valence-corrected chi connectivity index (χ1v) is 5.18. The second kappa shape index (κ2) is 3.56. The molecule has 0 aromatic heterocycles. The molecule has 2 heteroatoms. The average molecular weight is 210 g/mol. The highest BCUT2D eigenvalue weighted by Gasteiger charge is 2.37. The number of nitrogens with zero attached hydrogens (tertiary/aromatic N) is 1. The molecule has 0 aliphatic carbocycles. The molecule has 0 spiro atoms. The summed E-state index contributed by atoms with van der Waals surface area (Å²) in [6.45, 7) is 0. The second-order valence-corrected chi connectivity index (χ2v) is 4.26. The van der Waals surface area contributed by atoms with Crippen LogP contribution in [-0.2, 0) is 0 Å². The number of hydrogen-bond acceptors (Lipinski definition) is 1. The van der Waals surface area contributed by atoms with Crippen molar-refractivity contribution in [3.63, 3.8) is 0 Å². The molecule has 0 saturated carbocycles. The van der Waals surface area contributed by atoms with Gasteiger partial charge in [-0.2, -0.15) is 0 Å². The Balaban J connectivity index is 0.000000750. The molecule has 0 radical (unpaired) electrons. The van der Waals surface area contributed by atoms with Crippen molar-refractivity contribution in [2.24, 2.45) is 0 Å². The minimum absolute atomic E-state index is 0. The first-order valence-electron chi connectivity index (χ1n) is 5.18. The molecule has 1 aromatic carbocycles. The zero-order valence-electron chi connectivity index (χ0n) is 8.44. The van der Waals surface area contributed by atoms with Crippen LogP contribution in [0.15, 0.2) is 24.3 Å². The predicted molar refractivity (Wildman–Crippen MR) is 60.8 cm³/mol. The lowest BCUT2D eigenvalue weighted by Crippen LogP contribution is -2.25. The van der Waals surface area contributed by atoms with Crippen molar-refractivity contribution in [1.29, 1.82) is 0 Å². The van der Waals surface area contributed by atoms with Crippen LogP contribution in [0.2, 0.25) is 0 Å². The van der Waals surface area contributed by atoms with Crippen molar-refractivity contribution in [1.82, 2.24) is 4.90 Å². The summed E-state index contributed by atoms with van der Waals surface area (Å²) in [7, 11) is 2.27. The Morgan fingerprint density at radius 1 is 1.07 bits per heavy atom. The molecule has 2 aliphatic heterocycles. The van der Waals surface area contributed by atoms with Crippen LogP contribution in [0, 0.1) is 0 Å². The zero-order valence-corrected chi connectivity index (χ0v) is 9.26. The monoisotopic (exact) mass is 209 g/mol. The fraction of sp³-hybridized carbons (Fsp3) is 0.500. The van der Waals surface area contributed by atoms with E-state index in [4.69, 9.17) is 0 Å². The SMILES string of the molecule is CN1C2CCCC1c1ccccc12.Cl. The topological polar surface area (TPSA) is 3.24 Å². The predicted octanol–water partition coefficient (Wildman–Crippen LogP) is 3.32. The number of piperidine rings is 1. The van der Waals surface area contributed by atoms with Crippen molar-refractivity contribution in [3.05, 3.63) is 35.4 Å². The van der Waals surface area contributed by atoms with Crippen molar-refractivity contribution >= 4 is 12.4 Å². The van der Waals surface area contributed by atoms with Crippen molar-refractivity contribution in [3.8, 4) is 0 Å². The van der Waals surface area contributed by atoms with E-state index in [0.717, 1.165) is 12.1 Å². The van der Waals surface area contributed by atoms with Gasteiger partial charge in [0.2, 0.25) is 0 Å². The summed E-state index contributed by atoms with van der Waals surface area (Å²) in [4.78, 5) is 2.55. The Morgan fingerprint density at radius 2 is 1.57 bits per heavy atom. The molecule has 1 saturated heterocycles. The van der Waals surface area contributed by atoms with E-state index in [1.807, 2.05) is 0 Å². The van der Waals surface area contributed by atoms with Crippen LogP contribution in [0.4, 0.5) is 0 Å². The number of halogens is 1. The van der Waals surface area contributed by atoms with Crippen LogP contribution < -0.4 is 0 Å². The third kappa shape index (κ3) is 1.19. The van der Waals surface area contributed by atoms with E-state index < -0.39 is 0 Å². The van der Waals surface area contributed by atoms with Gasteiger partial charge >= 0.3 is 0 Å². The Bertz CT molecular complexity index is 306. The molecular weight excluding hydrogens is 194 g/mol. The lowest BCUT2D eigenvalue weighted by atomic mass is 10.0. The average Bonchev–Trinajstić information content (AvgIpc) is 2.36. The van der Waals surface area contributed by atoms with Gasteiger partial charge in [-0.1, -0.05) is 24.3 Å². The standard InChI is InChI=1S/C12H15N.ClH/c1-13-11-7-4-8-12(13)10-6-3-2-5-9(10)11;/h2-3,5-6,11-12H,4,7-8H2,1H3;1H. The Kier molecular flexibility index (Phi) is 2.54. The lowest BCUT2D eigenvalue weighted by molar-refractivity contribution is 0.145. The van der Waals surface area contributed by atoms with Gasteiger partial charge in [0.1, 0.15) is 0 Å². The lowest BCUT2D eigenvalue weighted by Gasteiger charge is -2.31. The number of rotatable bonds is 0. The minimum atomic E-state index is 0. The van der Waals surface area contributed by atoms with E-state index in [1.165, 1.54) is 19.3 Å². The number of benzene rings is 1. The second-order valence-electron chi connectivity index (χ2n) is 4.26. The first kappa shape index (κ1) is 10.0. The van der Waals surface area contributed by atoms with E-state index in [0.29, 0.717) is 0 Å². The van der Waals surface area contributed by atoms with Crippen molar-refractivity contribution in [2.75, 3.05) is 7.05 Å². The van der Waals surface area contributed by atoms with Crippen LogP contribution in [0.25, 0.3) is 0 Å². The van der Waals surface area contributed by atoms with Gasteiger partial charge in [0.05, 0.1) is 0 Å². The molecule has 2 aliphatic rings. The smallest absolute Gasteiger partial charge is 0.0354 e. The molecule has 3 rings (SSSR count). The quantitative estimate of drug-likeness (QED) is 0.634. The molecule has 2 heterocycles. The molecule has 14 heavy (non-hydrogen) atoms. The molecule has 0 amide bonds. The molecule has 0 N–H and O–H groups in total. The Morgan fingerprint density at radius 3 is 2.07 bits per heavy atom. The maximum absolute atomic E-state index is 2.55. The molecule has 2 unspecified atom stereocenters. The van der Waals surface area contributed by atoms with Crippen LogP contribution in [0.3, 0.4) is 0 Å². The van der Waals surface area contributed by atoms with E-state index >= 15 is 0 Å². The highest BCUT2D eigenvalue weighted by Crippen LogP contribution is 2.48. The Labute approximate surface area is 91.5 Å². The van der Waals surface area contributed by atoms with Gasteiger partial charge < -0.3 is 0 Å². The van der Waals surface area contributed by atoms with Crippen LogP contribution in [-0.4, -0.2) is 11.9 Å². The van der Waals surface area contributed by atoms with Gasteiger partial charge in [0.15, 0.2) is 0 Å².